The van der Waals surface area contributed by atoms with Crippen LogP contribution in [0.2, 0.25) is 0 Å². The van der Waals surface area contributed by atoms with Crippen LogP contribution in [0.5, 0.6) is 11.5 Å². The van der Waals surface area contributed by atoms with Crippen molar-refractivity contribution in [2.45, 2.75) is 19.5 Å². The van der Waals surface area contributed by atoms with Crippen molar-refractivity contribution in [1.82, 2.24) is 5.32 Å². The number of nitrogens with one attached hydrogen (secondary N) is 1. The first-order valence-corrected chi connectivity index (χ1v) is 10.0. The number of carbonyl (C=O) groups excluding carboxylic acids is 1. The molecule has 27 heavy (non-hydrogen) atoms. The summed E-state index contributed by atoms with van der Waals surface area (Å²) >= 11 is 0. The Morgan fingerprint density at radius 1 is 1.19 bits per heavy atom. The highest BCUT2D eigenvalue weighted by Gasteiger charge is 2.29. The van der Waals surface area contributed by atoms with Gasteiger partial charge in [0.25, 0.3) is 0 Å². The topological polar surface area (TPSA) is 84.9 Å². The summed E-state index contributed by atoms with van der Waals surface area (Å²) in [6.07, 6.45) is 0.998. The lowest BCUT2D eigenvalue weighted by Crippen LogP contribution is -2.47. The molecule has 1 N–H and O–H groups in total. The van der Waals surface area contributed by atoms with Crippen molar-refractivity contribution < 1.29 is 27.1 Å². The van der Waals surface area contributed by atoms with Gasteiger partial charge in [0.15, 0.2) is 11.5 Å². The van der Waals surface area contributed by atoms with E-state index < -0.39 is 27.8 Å². The van der Waals surface area contributed by atoms with E-state index in [2.05, 4.69) is 5.32 Å². The van der Waals surface area contributed by atoms with Crippen molar-refractivity contribution in [3.63, 3.8) is 0 Å². The number of sulfonamides is 1. The average Bonchev–Trinajstić information content (AvgIpc) is 3.08. The largest absolute Gasteiger partial charge is 0.454 e. The molecule has 0 saturated carbocycles. The predicted octanol–water partition coefficient (Wildman–Crippen LogP) is 2.03. The Hall–Kier alpha value is -2.81. The van der Waals surface area contributed by atoms with E-state index >= 15 is 0 Å². The van der Waals surface area contributed by atoms with Crippen molar-refractivity contribution in [1.29, 1.82) is 0 Å². The van der Waals surface area contributed by atoms with Gasteiger partial charge in [0.1, 0.15) is 11.9 Å². The lowest BCUT2D eigenvalue weighted by Gasteiger charge is -2.28. The molecule has 2 aromatic carbocycles. The van der Waals surface area contributed by atoms with Crippen LogP contribution in [-0.4, -0.2) is 33.4 Å². The van der Waals surface area contributed by atoms with E-state index in [1.54, 1.807) is 18.2 Å². The molecular formula is C18H19FN2O5S. The summed E-state index contributed by atoms with van der Waals surface area (Å²) in [6.45, 7) is 1.82. The Morgan fingerprint density at radius 2 is 1.85 bits per heavy atom. The third-order valence-electron chi connectivity index (χ3n) is 4.07. The van der Waals surface area contributed by atoms with Gasteiger partial charge < -0.3 is 14.8 Å². The second-order valence-electron chi connectivity index (χ2n) is 6.12. The van der Waals surface area contributed by atoms with Crippen molar-refractivity contribution in [2.24, 2.45) is 0 Å². The number of ether oxygens (including phenoxy) is 2. The monoisotopic (exact) mass is 394 g/mol. The number of fused-ring (bicyclic) bond motifs is 1. The first-order valence-electron chi connectivity index (χ1n) is 8.17. The maximum atomic E-state index is 13.1. The van der Waals surface area contributed by atoms with Crippen LogP contribution in [0.3, 0.4) is 0 Å². The zero-order valence-electron chi connectivity index (χ0n) is 14.8. The third kappa shape index (κ3) is 4.30. The van der Waals surface area contributed by atoms with Gasteiger partial charge in [-0.1, -0.05) is 6.07 Å². The highest BCUT2D eigenvalue weighted by molar-refractivity contribution is 7.92. The number of rotatable bonds is 6. The van der Waals surface area contributed by atoms with Gasteiger partial charge in [0, 0.05) is 6.54 Å². The smallest absolute Gasteiger partial charge is 0.243 e. The number of amides is 1. The second-order valence-corrected chi connectivity index (χ2v) is 7.98. The molecule has 0 saturated heterocycles. The Morgan fingerprint density at radius 3 is 2.52 bits per heavy atom. The van der Waals surface area contributed by atoms with E-state index in [1.807, 2.05) is 0 Å². The van der Waals surface area contributed by atoms with E-state index in [-0.39, 0.29) is 19.0 Å². The second kappa shape index (κ2) is 7.43. The maximum absolute atomic E-state index is 13.1. The molecule has 9 heteroatoms. The Balaban J connectivity index is 1.72. The van der Waals surface area contributed by atoms with Crippen LogP contribution in [0.1, 0.15) is 12.5 Å². The number of benzene rings is 2. The highest BCUT2D eigenvalue weighted by Crippen LogP contribution is 2.32. The Bertz CT molecular complexity index is 947. The van der Waals surface area contributed by atoms with Crippen molar-refractivity contribution in [3.05, 3.63) is 53.8 Å². The summed E-state index contributed by atoms with van der Waals surface area (Å²) in [5.74, 6) is 0.256. The summed E-state index contributed by atoms with van der Waals surface area (Å²) < 4.78 is 49.0. The fourth-order valence-electron chi connectivity index (χ4n) is 2.78. The van der Waals surface area contributed by atoms with E-state index in [9.17, 15) is 17.6 Å². The SMILES string of the molecule is CC(C(=O)NCc1ccc2c(c1)OCO2)N(c1ccc(F)cc1)S(C)(=O)=O. The quantitative estimate of drug-likeness (QED) is 0.810. The molecule has 1 heterocycles. The van der Waals surface area contributed by atoms with Gasteiger partial charge in [-0.25, -0.2) is 12.8 Å². The number of carbonyl (C=O) groups is 1. The lowest BCUT2D eigenvalue weighted by atomic mass is 10.2. The molecule has 1 aliphatic rings. The normalized spacial score (nSPS) is 13.9. The lowest BCUT2D eigenvalue weighted by molar-refractivity contribution is -0.122. The van der Waals surface area contributed by atoms with Crippen LogP contribution in [0, 0.1) is 5.82 Å². The number of nitrogens with zero attached hydrogens (tertiary/aromatic N) is 1. The van der Waals surface area contributed by atoms with Crippen LogP contribution in [-0.2, 0) is 21.4 Å². The molecular weight excluding hydrogens is 375 g/mol. The number of anilines is 1. The van der Waals surface area contributed by atoms with E-state index in [4.69, 9.17) is 9.47 Å². The summed E-state index contributed by atoms with van der Waals surface area (Å²) in [7, 11) is -3.75. The summed E-state index contributed by atoms with van der Waals surface area (Å²) in [4.78, 5) is 12.5. The molecule has 0 aromatic heterocycles. The molecule has 144 valence electrons. The van der Waals surface area contributed by atoms with E-state index in [0.717, 1.165) is 28.3 Å². The summed E-state index contributed by atoms with van der Waals surface area (Å²) in [6, 6.07) is 9.19. The van der Waals surface area contributed by atoms with E-state index in [0.29, 0.717) is 11.5 Å². The van der Waals surface area contributed by atoms with Gasteiger partial charge >= 0.3 is 0 Å². The van der Waals surface area contributed by atoms with Crippen molar-refractivity contribution in [3.8, 4) is 11.5 Å². The molecule has 0 spiro atoms. The van der Waals surface area contributed by atoms with Crippen molar-refractivity contribution in [2.75, 3.05) is 17.4 Å². The van der Waals surface area contributed by atoms with Gasteiger partial charge in [-0.05, 0) is 48.9 Å². The Kier molecular flexibility index (Phi) is 5.22. The van der Waals surface area contributed by atoms with Crippen LogP contribution in [0.15, 0.2) is 42.5 Å². The molecule has 0 aliphatic carbocycles. The van der Waals surface area contributed by atoms with Gasteiger partial charge in [-0.15, -0.1) is 0 Å². The first kappa shape index (κ1) is 19.0. The highest BCUT2D eigenvalue weighted by atomic mass is 32.2. The minimum absolute atomic E-state index is 0.156. The van der Waals surface area contributed by atoms with Crippen LogP contribution in [0.4, 0.5) is 10.1 Å². The zero-order chi connectivity index (χ0) is 19.6. The molecule has 3 rings (SSSR count). The zero-order valence-corrected chi connectivity index (χ0v) is 15.6. The average molecular weight is 394 g/mol. The fraction of sp³-hybridized carbons (Fsp3) is 0.278. The third-order valence-corrected chi connectivity index (χ3v) is 5.31. The Labute approximate surface area is 156 Å². The van der Waals surface area contributed by atoms with E-state index in [1.165, 1.54) is 19.1 Å². The molecule has 7 nitrogen and oxygen atoms in total. The summed E-state index contributed by atoms with van der Waals surface area (Å²) in [5.41, 5.74) is 0.997. The fourth-order valence-corrected chi connectivity index (χ4v) is 3.96. The first-order chi connectivity index (χ1) is 12.8. The summed E-state index contributed by atoms with van der Waals surface area (Å²) in [5, 5.41) is 2.71. The number of halogens is 1. The number of hydrogen-bond donors (Lipinski definition) is 1. The van der Waals surface area contributed by atoms with Crippen LogP contribution < -0.4 is 19.1 Å². The molecule has 0 radical (unpaired) electrons. The molecule has 1 amide bonds. The van der Waals surface area contributed by atoms with Gasteiger partial charge in [0.05, 0.1) is 11.9 Å². The predicted molar refractivity (Wildman–Crippen MR) is 97.6 cm³/mol. The standard InChI is InChI=1S/C18H19FN2O5S/c1-12(21(27(2,23)24)15-6-4-14(19)5-7-15)18(22)20-10-13-3-8-16-17(9-13)26-11-25-16/h3-9,12H,10-11H2,1-2H3,(H,20,22). The molecule has 1 aliphatic heterocycles. The molecule has 1 atom stereocenters. The van der Waals surface area contributed by atoms with Gasteiger partial charge in [0.2, 0.25) is 22.7 Å². The van der Waals surface area contributed by atoms with Crippen LogP contribution >= 0.6 is 0 Å². The van der Waals surface area contributed by atoms with Crippen molar-refractivity contribution >= 4 is 21.6 Å². The van der Waals surface area contributed by atoms with Gasteiger partial charge in [-0.3, -0.25) is 9.10 Å². The minimum atomic E-state index is -3.75. The number of hydrogen-bond acceptors (Lipinski definition) is 5. The molecule has 0 bridgehead atoms. The molecule has 2 aromatic rings. The molecule has 1 unspecified atom stereocenters. The molecule has 0 fully saturated rings. The van der Waals surface area contributed by atoms with Gasteiger partial charge in [-0.2, -0.15) is 0 Å². The van der Waals surface area contributed by atoms with Crippen LogP contribution in [0.25, 0.3) is 0 Å². The minimum Gasteiger partial charge on any atom is -0.454 e. The maximum Gasteiger partial charge on any atom is 0.243 e.